The van der Waals surface area contributed by atoms with Crippen LogP contribution < -0.4 is 25.0 Å². The summed E-state index contributed by atoms with van der Waals surface area (Å²) in [5.74, 6) is -1.79. The van der Waals surface area contributed by atoms with Crippen molar-refractivity contribution in [3.05, 3.63) is 94.0 Å². The van der Waals surface area contributed by atoms with Gasteiger partial charge >= 0.3 is 6.03 Å². The molecule has 0 saturated carbocycles. The fourth-order valence-electron chi connectivity index (χ4n) is 3.57. The second-order valence-corrected chi connectivity index (χ2v) is 7.85. The predicted octanol–water partition coefficient (Wildman–Crippen LogP) is 3.29. The molecule has 38 heavy (non-hydrogen) atoms. The number of hydrogen-bond acceptors (Lipinski definition) is 8. The molecule has 3 aromatic rings. The molecule has 0 atom stereocenters. The van der Waals surface area contributed by atoms with E-state index in [1.165, 1.54) is 55.7 Å². The van der Waals surface area contributed by atoms with E-state index in [1.807, 2.05) is 0 Å². The fraction of sp³-hybridized carbons (Fsp3) is 0.0769. The number of hydrogen-bond donors (Lipinski definition) is 2. The topological polar surface area (TPSA) is 157 Å². The summed E-state index contributed by atoms with van der Waals surface area (Å²) in [5.41, 5.74) is 0.506. The molecule has 1 fully saturated rings. The van der Waals surface area contributed by atoms with E-state index in [-0.39, 0.29) is 28.4 Å². The molecule has 2 N–H and O–H groups in total. The number of urea groups is 1. The van der Waals surface area contributed by atoms with Gasteiger partial charge in [0.15, 0.2) is 18.1 Å². The van der Waals surface area contributed by atoms with Crippen molar-refractivity contribution in [2.75, 3.05) is 23.9 Å². The van der Waals surface area contributed by atoms with Crippen molar-refractivity contribution in [1.82, 2.24) is 5.32 Å². The van der Waals surface area contributed by atoms with Crippen LogP contribution in [0.4, 0.5) is 21.9 Å². The van der Waals surface area contributed by atoms with Crippen molar-refractivity contribution in [3.63, 3.8) is 0 Å². The zero-order chi connectivity index (χ0) is 27.2. The van der Waals surface area contributed by atoms with Gasteiger partial charge in [0.25, 0.3) is 23.4 Å². The van der Waals surface area contributed by atoms with E-state index < -0.39 is 35.3 Å². The van der Waals surface area contributed by atoms with Gasteiger partial charge in [0.2, 0.25) is 0 Å². The number of imide groups is 2. The standard InChI is InChI=1S/C26H20N4O8/c1-37-22-13-16(12-20-24(32)28-26(34)29(25(20)33)18-7-3-2-4-8-18)10-11-21(22)38-15-23(31)27-17-6-5-9-19(14-17)30(35)36/h2-14H,15H2,1H3,(H,27,31)(H,28,32,34)/b20-12-. The fourth-order valence-corrected chi connectivity index (χ4v) is 3.57. The molecule has 4 rings (SSSR count). The Morgan fingerprint density at radius 3 is 2.50 bits per heavy atom. The van der Waals surface area contributed by atoms with Crippen molar-refractivity contribution < 1.29 is 33.6 Å². The summed E-state index contributed by atoms with van der Waals surface area (Å²) in [4.78, 5) is 61.2. The lowest BCUT2D eigenvalue weighted by molar-refractivity contribution is -0.384. The molecule has 0 aromatic heterocycles. The van der Waals surface area contributed by atoms with Gasteiger partial charge in [0, 0.05) is 17.8 Å². The van der Waals surface area contributed by atoms with Crippen molar-refractivity contribution in [2.45, 2.75) is 0 Å². The van der Waals surface area contributed by atoms with Crippen LogP contribution in [0.5, 0.6) is 11.5 Å². The highest BCUT2D eigenvalue weighted by Crippen LogP contribution is 2.30. The minimum absolute atomic E-state index is 0.170. The Bertz CT molecular complexity index is 1470. The smallest absolute Gasteiger partial charge is 0.335 e. The van der Waals surface area contributed by atoms with Crippen LogP contribution in [0.1, 0.15) is 5.56 Å². The molecule has 1 saturated heterocycles. The van der Waals surface area contributed by atoms with E-state index in [9.17, 15) is 29.3 Å². The maximum Gasteiger partial charge on any atom is 0.335 e. The number of ether oxygens (including phenoxy) is 2. The lowest BCUT2D eigenvalue weighted by Gasteiger charge is -2.26. The third-order valence-corrected chi connectivity index (χ3v) is 5.31. The molecule has 0 bridgehead atoms. The molecule has 1 heterocycles. The highest BCUT2D eigenvalue weighted by Gasteiger charge is 2.36. The summed E-state index contributed by atoms with van der Waals surface area (Å²) < 4.78 is 10.8. The Morgan fingerprint density at radius 1 is 1.03 bits per heavy atom. The number of methoxy groups -OCH3 is 1. The van der Waals surface area contributed by atoms with Crippen LogP contribution in [0.3, 0.4) is 0 Å². The number of barbiturate groups is 1. The molecule has 0 aliphatic carbocycles. The molecular weight excluding hydrogens is 496 g/mol. The molecule has 5 amide bonds. The largest absolute Gasteiger partial charge is 0.493 e. The highest BCUT2D eigenvalue weighted by atomic mass is 16.6. The number of nitrogens with one attached hydrogen (secondary N) is 2. The van der Waals surface area contributed by atoms with Crippen molar-refractivity contribution in [3.8, 4) is 11.5 Å². The summed E-state index contributed by atoms with van der Waals surface area (Å²) in [6.07, 6.45) is 1.31. The molecule has 0 radical (unpaired) electrons. The Morgan fingerprint density at radius 2 is 1.79 bits per heavy atom. The summed E-state index contributed by atoms with van der Waals surface area (Å²) in [6.45, 7) is -0.422. The van der Waals surface area contributed by atoms with Gasteiger partial charge in [-0.15, -0.1) is 0 Å². The number of carbonyl (C=O) groups excluding carboxylic acids is 4. The van der Waals surface area contributed by atoms with Crippen LogP contribution in [0.25, 0.3) is 6.08 Å². The number of carbonyl (C=O) groups is 4. The molecule has 1 aliphatic heterocycles. The van der Waals surface area contributed by atoms with Crippen molar-refractivity contribution in [1.29, 1.82) is 0 Å². The van der Waals surface area contributed by atoms with Crippen LogP contribution in [-0.2, 0) is 14.4 Å². The number of nitro benzene ring substituents is 1. The van der Waals surface area contributed by atoms with E-state index in [1.54, 1.807) is 30.3 Å². The zero-order valence-electron chi connectivity index (χ0n) is 19.9. The van der Waals surface area contributed by atoms with Gasteiger partial charge in [-0.3, -0.25) is 29.8 Å². The first-order chi connectivity index (χ1) is 18.3. The van der Waals surface area contributed by atoms with Crippen molar-refractivity contribution >= 4 is 46.9 Å². The first-order valence-electron chi connectivity index (χ1n) is 11.1. The molecule has 12 heteroatoms. The Kier molecular flexibility index (Phi) is 7.43. The second-order valence-electron chi connectivity index (χ2n) is 7.85. The number of amides is 5. The SMILES string of the molecule is COc1cc(/C=C2/C(=O)NC(=O)N(c3ccccc3)C2=O)ccc1OCC(=O)Nc1cccc([N+](=O)[O-])c1. The van der Waals surface area contributed by atoms with E-state index in [4.69, 9.17) is 9.47 Å². The molecule has 0 spiro atoms. The number of nitro groups is 1. The first kappa shape index (κ1) is 25.6. The molecule has 12 nitrogen and oxygen atoms in total. The average molecular weight is 516 g/mol. The van der Waals surface area contributed by atoms with Gasteiger partial charge < -0.3 is 14.8 Å². The minimum atomic E-state index is -0.854. The lowest BCUT2D eigenvalue weighted by Crippen LogP contribution is -2.54. The third kappa shape index (κ3) is 5.65. The summed E-state index contributed by atoms with van der Waals surface area (Å²) in [5, 5.41) is 15.6. The predicted molar refractivity (Wildman–Crippen MR) is 136 cm³/mol. The maximum atomic E-state index is 13.0. The highest BCUT2D eigenvalue weighted by molar-refractivity contribution is 6.39. The van der Waals surface area contributed by atoms with E-state index >= 15 is 0 Å². The van der Waals surface area contributed by atoms with Gasteiger partial charge in [0.1, 0.15) is 5.57 Å². The summed E-state index contributed by atoms with van der Waals surface area (Å²) in [6, 6.07) is 17.3. The molecular formula is C26H20N4O8. The summed E-state index contributed by atoms with van der Waals surface area (Å²) >= 11 is 0. The van der Waals surface area contributed by atoms with E-state index in [0.717, 1.165) is 4.90 Å². The number of benzene rings is 3. The minimum Gasteiger partial charge on any atom is -0.493 e. The van der Waals surface area contributed by atoms with Gasteiger partial charge in [-0.1, -0.05) is 30.3 Å². The molecule has 192 valence electrons. The average Bonchev–Trinajstić information content (AvgIpc) is 2.90. The Balaban J connectivity index is 1.48. The van der Waals surface area contributed by atoms with Crippen LogP contribution in [0.2, 0.25) is 0 Å². The van der Waals surface area contributed by atoms with Crippen LogP contribution in [0.15, 0.2) is 78.4 Å². The van der Waals surface area contributed by atoms with Crippen LogP contribution in [0, 0.1) is 10.1 Å². The number of para-hydroxylation sites is 1. The second kappa shape index (κ2) is 11.0. The summed E-state index contributed by atoms with van der Waals surface area (Å²) in [7, 11) is 1.37. The molecule has 0 unspecified atom stereocenters. The Labute approximate surface area is 215 Å². The normalized spacial score (nSPS) is 14.2. The third-order valence-electron chi connectivity index (χ3n) is 5.31. The Hall–Kier alpha value is -5.52. The molecule has 1 aliphatic rings. The zero-order valence-corrected chi connectivity index (χ0v) is 19.9. The monoisotopic (exact) mass is 516 g/mol. The number of rotatable bonds is 8. The van der Waals surface area contributed by atoms with Crippen LogP contribution in [-0.4, -0.2) is 42.4 Å². The quantitative estimate of drug-likeness (QED) is 0.200. The number of anilines is 2. The number of non-ortho nitro benzene ring substituents is 1. The maximum absolute atomic E-state index is 13.0. The van der Waals surface area contributed by atoms with Crippen LogP contribution >= 0.6 is 0 Å². The molecule has 3 aromatic carbocycles. The first-order valence-corrected chi connectivity index (χ1v) is 11.1. The van der Waals surface area contributed by atoms with Gasteiger partial charge in [0.05, 0.1) is 17.7 Å². The van der Waals surface area contributed by atoms with Gasteiger partial charge in [-0.25, -0.2) is 9.69 Å². The lowest BCUT2D eigenvalue weighted by atomic mass is 10.1. The number of nitrogens with zero attached hydrogens (tertiary/aromatic N) is 2. The van der Waals surface area contributed by atoms with Gasteiger partial charge in [-0.2, -0.15) is 0 Å². The van der Waals surface area contributed by atoms with E-state index in [0.29, 0.717) is 11.3 Å². The van der Waals surface area contributed by atoms with Gasteiger partial charge in [-0.05, 0) is 42.0 Å². The van der Waals surface area contributed by atoms with Crippen molar-refractivity contribution in [2.24, 2.45) is 0 Å². The van der Waals surface area contributed by atoms with E-state index in [2.05, 4.69) is 10.6 Å².